The molecule has 0 aliphatic heterocycles. The molecule has 0 fully saturated rings. The van der Waals surface area contributed by atoms with Crippen LogP contribution in [0.2, 0.25) is 0 Å². The van der Waals surface area contributed by atoms with Gasteiger partial charge in [0.25, 0.3) is 0 Å². The van der Waals surface area contributed by atoms with Crippen LogP contribution in [0.25, 0.3) is 11.1 Å². The van der Waals surface area contributed by atoms with Gasteiger partial charge >= 0.3 is 0 Å². The van der Waals surface area contributed by atoms with Gasteiger partial charge in [-0.25, -0.2) is 0 Å². The van der Waals surface area contributed by atoms with E-state index in [1.54, 1.807) is 0 Å². The fraction of sp³-hybridized carbons (Fsp3) is 0.0769. The second-order valence-corrected chi connectivity index (χ2v) is 3.59. The summed E-state index contributed by atoms with van der Waals surface area (Å²) in [5, 5.41) is 0. The molecule has 0 heterocycles. The minimum Gasteiger partial charge on any atom is -0.428 e. The molecule has 2 rings (SSSR count). The van der Waals surface area contributed by atoms with Crippen molar-refractivity contribution in [3.63, 3.8) is 0 Å². The lowest BCUT2D eigenvalue weighted by Gasteiger charge is -2.09. The van der Waals surface area contributed by atoms with Crippen molar-refractivity contribution in [1.82, 2.24) is 0 Å². The van der Waals surface area contributed by atoms with Crippen LogP contribution in [0.5, 0.6) is 5.75 Å². The van der Waals surface area contributed by atoms with E-state index in [-0.39, 0.29) is 0 Å². The van der Waals surface area contributed by atoms with E-state index < -0.39 is 0 Å². The van der Waals surface area contributed by atoms with Crippen molar-refractivity contribution >= 4 is 12.9 Å². The first kappa shape index (κ1) is 10.1. The average molecular weight is 216 g/mol. The van der Waals surface area contributed by atoms with Crippen LogP contribution in [0, 0.1) is 6.92 Å². The molecule has 2 aromatic rings. The van der Waals surface area contributed by atoms with Gasteiger partial charge in [-0.05, 0) is 18.1 Å². The molecule has 76 valence electrons. The minimum atomic E-state index is 0.826. The Morgan fingerprint density at radius 2 is 1.67 bits per heavy atom. The van der Waals surface area contributed by atoms with E-state index in [2.05, 4.69) is 25.0 Å². The van der Waals surface area contributed by atoms with E-state index in [0.29, 0.717) is 0 Å². The Labute approximate surface area is 95.3 Å². The number of hydrogen-bond donors (Lipinski definition) is 1. The van der Waals surface area contributed by atoms with Crippen molar-refractivity contribution in [2.45, 2.75) is 6.92 Å². The molecule has 0 amide bonds. The summed E-state index contributed by atoms with van der Waals surface area (Å²) in [4.78, 5) is 0. The maximum Gasteiger partial charge on any atom is 0.147 e. The molecular weight excluding hydrogens is 204 g/mol. The van der Waals surface area contributed by atoms with Crippen LogP contribution < -0.4 is 4.18 Å². The first-order chi connectivity index (χ1) is 7.33. The van der Waals surface area contributed by atoms with Crippen LogP contribution >= 0.6 is 12.9 Å². The Hall–Kier alpha value is -1.41. The number of aryl methyl sites for hydroxylation is 1. The van der Waals surface area contributed by atoms with E-state index in [0.717, 1.165) is 22.4 Å². The van der Waals surface area contributed by atoms with Crippen molar-refractivity contribution < 1.29 is 4.18 Å². The molecule has 0 saturated carbocycles. The molecule has 0 N–H and O–H groups in total. The summed E-state index contributed by atoms with van der Waals surface area (Å²) in [5.74, 6) is 0.826. The standard InChI is InChI=1S/C13H12OS/c1-10-6-5-9-12(13(10)14-15)11-7-3-2-4-8-11/h2-9,15H,1H3. The number of thiol groups is 1. The Bertz CT molecular complexity index is 451. The smallest absolute Gasteiger partial charge is 0.147 e. The summed E-state index contributed by atoms with van der Waals surface area (Å²) in [6.07, 6.45) is 0. The molecule has 1 nitrogen and oxygen atoms in total. The van der Waals surface area contributed by atoms with E-state index >= 15 is 0 Å². The lowest BCUT2D eigenvalue weighted by molar-refractivity contribution is 0.655. The van der Waals surface area contributed by atoms with Crippen LogP contribution in [0.1, 0.15) is 5.56 Å². The minimum absolute atomic E-state index is 0.826. The summed E-state index contributed by atoms with van der Waals surface area (Å²) < 4.78 is 5.12. The predicted octanol–water partition coefficient (Wildman–Crippen LogP) is 3.89. The maximum absolute atomic E-state index is 5.12. The molecule has 0 aromatic heterocycles. The summed E-state index contributed by atoms with van der Waals surface area (Å²) in [7, 11) is 0. The van der Waals surface area contributed by atoms with Gasteiger partial charge in [-0.2, -0.15) is 0 Å². The van der Waals surface area contributed by atoms with Crippen molar-refractivity contribution in [3.8, 4) is 16.9 Å². The fourth-order valence-corrected chi connectivity index (χ4v) is 1.86. The normalized spacial score (nSPS) is 10.0. The molecular formula is C13H12OS. The lowest BCUT2D eigenvalue weighted by Crippen LogP contribution is -1.86. The van der Waals surface area contributed by atoms with Gasteiger partial charge in [0.2, 0.25) is 0 Å². The highest BCUT2D eigenvalue weighted by molar-refractivity contribution is 7.75. The second-order valence-electron chi connectivity index (χ2n) is 3.41. The molecule has 0 radical (unpaired) electrons. The average Bonchev–Trinajstić information content (AvgIpc) is 2.30. The third kappa shape index (κ3) is 2.00. The lowest BCUT2D eigenvalue weighted by atomic mass is 10.0. The fourth-order valence-electron chi connectivity index (χ4n) is 1.62. The van der Waals surface area contributed by atoms with Crippen molar-refractivity contribution in [2.24, 2.45) is 0 Å². The molecule has 2 aromatic carbocycles. The predicted molar refractivity (Wildman–Crippen MR) is 66.2 cm³/mol. The zero-order valence-electron chi connectivity index (χ0n) is 8.47. The Balaban J connectivity index is 2.58. The molecule has 0 spiro atoms. The van der Waals surface area contributed by atoms with Gasteiger partial charge in [0.15, 0.2) is 0 Å². The highest BCUT2D eigenvalue weighted by Gasteiger charge is 2.07. The summed E-state index contributed by atoms with van der Waals surface area (Å²) >= 11 is 3.90. The Kier molecular flexibility index (Phi) is 2.97. The number of rotatable bonds is 2. The van der Waals surface area contributed by atoms with Gasteiger partial charge in [0, 0.05) is 18.5 Å². The number of benzene rings is 2. The molecule has 0 bridgehead atoms. The summed E-state index contributed by atoms with van der Waals surface area (Å²) in [6.45, 7) is 2.01. The topological polar surface area (TPSA) is 9.23 Å². The third-order valence-corrected chi connectivity index (χ3v) is 2.57. The van der Waals surface area contributed by atoms with Crippen molar-refractivity contribution in [2.75, 3.05) is 0 Å². The van der Waals surface area contributed by atoms with Crippen LogP contribution in [-0.4, -0.2) is 0 Å². The van der Waals surface area contributed by atoms with Gasteiger partial charge in [0.1, 0.15) is 5.75 Å². The third-order valence-electron chi connectivity index (χ3n) is 2.39. The van der Waals surface area contributed by atoms with Gasteiger partial charge in [-0.15, -0.1) is 0 Å². The first-order valence-corrected chi connectivity index (χ1v) is 5.16. The first-order valence-electron chi connectivity index (χ1n) is 4.79. The van der Waals surface area contributed by atoms with E-state index in [1.165, 1.54) is 0 Å². The zero-order chi connectivity index (χ0) is 10.7. The molecule has 0 saturated heterocycles. The quantitative estimate of drug-likeness (QED) is 0.592. The Morgan fingerprint density at radius 1 is 0.933 bits per heavy atom. The molecule has 2 heteroatoms. The Morgan fingerprint density at radius 3 is 2.33 bits per heavy atom. The molecule has 0 aliphatic carbocycles. The molecule has 0 unspecified atom stereocenters. The second kappa shape index (κ2) is 4.41. The van der Waals surface area contributed by atoms with Gasteiger partial charge in [-0.1, -0.05) is 48.5 Å². The van der Waals surface area contributed by atoms with Gasteiger partial charge in [-0.3, -0.25) is 0 Å². The van der Waals surface area contributed by atoms with Crippen molar-refractivity contribution in [3.05, 3.63) is 54.1 Å². The van der Waals surface area contributed by atoms with E-state index in [4.69, 9.17) is 4.18 Å². The van der Waals surface area contributed by atoms with E-state index in [9.17, 15) is 0 Å². The maximum atomic E-state index is 5.12. The van der Waals surface area contributed by atoms with Gasteiger partial charge in [0.05, 0.1) is 0 Å². The van der Waals surface area contributed by atoms with Crippen LogP contribution in [0.4, 0.5) is 0 Å². The number of para-hydroxylation sites is 1. The number of hydrogen-bond acceptors (Lipinski definition) is 2. The molecule has 15 heavy (non-hydrogen) atoms. The van der Waals surface area contributed by atoms with Crippen LogP contribution in [-0.2, 0) is 0 Å². The van der Waals surface area contributed by atoms with Crippen LogP contribution in [0.3, 0.4) is 0 Å². The highest BCUT2D eigenvalue weighted by Crippen LogP contribution is 2.33. The van der Waals surface area contributed by atoms with Gasteiger partial charge < -0.3 is 4.18 Å². The summed E-state index contributed by atoms with van der Waals surface area (Å²) in [5.41, 5.74) is 3.31. The highest BCUT2D eigenvalue weighted by atomic mass is 32.1. The monoisotopic (exact) mass is 216 g/mol. The molecule has 0 atom stereocenters. The SMILES string of the molecule is Cc1cccc(-c2ccccc2)c1OS. The van der Waals surface area contributed by atoms with Crippen molar-refractivity contribution in [1.29, 1.82) is 0 Å². The van der Waals surface area contributed by atoms with E-state index in [1.807, 2.05) is 43.3 Å². The van der Waals surface area contributed by atoms with Crippen LogP contribution in [0.15, 0.2) is 48.5 Å². The summed E-state index contributed by atoms with van der Waals surface area (Å²) in [6, 6.07) is 16.2. The zero-order valence-corrected chi connectivity index (χ0v) is 9.37. The molecule has 0 aliphatic rings. The largest absolute Gasteiger partial charge is 0.428 e.